The van der Waals surface area contributed by atoms with Crippen molar-refractivity contribution in [2.24, 2.45) is 29.1 Å². The van der Waals surface area contributed by atoms with Crippen molar-refractivity contribution in [1.29, 1.82) is 0 Å². The van der Waals surface area contributed by atoms with E-state index >= 15 is 0 Å². The van der Waals surface area contributed by atoms with Crippen LogP contribution in [0.15, 0.2) is 35.5 Å². The summed E-state index contributed by atoms with van der Waals surface area (Å²) < 4.78 is 14.2. The zero-order valence-electron chi connectivity index (χ0n) is 33.9. The van der Waals surface area contributed by atoms with E-state index in [0.29, 0.717) is 23.2 Å². The second-order valence-electron chi connectivity index (χ2n) is 20.2. The zero-order chi connectivity index (χ0) is 35.8. The third-order valence-electron chi connectivity index (χ3n) is 13.8. The molecule has 0 amide bonds. The average Bonchev–Trinajstić information content (AvgIpc) is 3.27. The van der Waals surface area contributed by atoms with Crippen LogP contribution < -0.4 is 0 Å². The van der Waals surface area contributed by atoms with Gasteiger partial charge in [-0.05, 0) is 136 Å². The van der Waals surface area contributed by atoms with Gasteiger partial charge in [0, 0.05) is 0 Å². The van der Waals surface area contributed by atoms with Crippen LogP contribution in [0.3, 0.4) is 0 Å². The number of allylic oxidation sites excluding steroid dienone is 3. The number of hydrogen-bond donors (Lipinski definition) is 1. The molecule has 3 aliphatic carbocycles. The topological polar surface area (TPSA) is 38.7 Å². The highest BCUT2D eigenvalue weighted by Crippen LogP contribution is 2.61. The molecule has 47 heavy (non-hydrogen) atoms. The summed E-state index contributed by atoms with van der Waals surface area (Å²) in [4.78, 5) is 0. The van der Waals surface area contributed by atoms with E-state index in [-0.39, 0.29) is 22.3 Å². The molecule has 0 heterocycles. The summed E-state index contributed by atoms with van der Waals surface area (Å²) in [5.41, 5.74) is 4.07. The van der Waals surface area contributed by atoms with Crippen molar-refractivity contribution in [2.75, 3.05) is 0 Å². The number of fused-ring (bicyclic) bond motifs is 1. The first kappa shape index (κ1) is 41.0. The SMILES string of the molecule is C=C1[C@H](O[Si](C)(C)C(C)(C)C)CC(=C/C=C2\CCC[C@]3(C)[C@@H]([C@H](C)[C@@H](CCCC)CC(C)(C)O)CC[C@@H]23)C[C@H]1O[Si](C)(C)C(C)(C)C. The second kappa shape index (κ2) is 15.0. The Hall–Kier alpha value is -0.466. The van der Waals surface area contributed by atoms with E-state index in [9.17, 15) is 5.11 Å². The Labute approximate surface area is 295 Å². The van der Waals surface area contributed by atoms with Gasteiger partial charge in [-0.25, -0.2) is 0 Å². The molecule has 0 aliphatic heterocycles. The van der Waals surface area contributed by atoms with Crippen molar-refractivity contribution < 1.29 is 14.0 Å². The molecule has 272 valence electrons. The van der Waals surface area contributed by atoms with E-state index in [2.05, 4.69) is 107 Å². The summed E-state index contributed by atoms with van der Waals surface area (Å²) >= 11 is 0. The van der Waals surface area contributed by atoms with Gasteiger partial charge in [0.1, 0.15) is 0 Å². The van der Waals surface area contributed by atoms with Gasteiger partial charge in [-0.3, -0.25) is 0 Å². The summed E-state index contributed by atoms with van der Waals surface area (Å²) in [6, 6.07) is 0. The number of rotatable bonds is 12. The lowest BCUT2D eigenvalue weighted by atomic mass is 9.59. The van der Waals surface area contributed by atoms with Crippen molar-refractivity contribution in [3.05, 3.63) is 35.5 Å². The molecule has 0 aromatic heterocycles. The zero-order valence-corrected chi connectivity index (χ0v) is 35.9. The van der Waals surface area contributed by atoms with E-state index in [1.165, 1.54) is 56.9 Å². The van der Waals surface area contributed by atoms with Crippen LogP contribution in [0.4, 0.5) is 0 Å². The van der Waals surface area contributed by atoms with E-state index < -0.39 is 22.2 Å². The Balaban J connectivity index is 1.91. The summed E-state index contributed by atoms with van der Waals surface area (Å²) in [6.07, 6.45) is 18.1. The lowest BCUT2D eigenvalue weighted by Crippen LogP contribution is -2.49. The van der Waals surface area contributed by atoms with Crippen molar-refractivity contribution in [3.63, 3.8) is 0 Å². The summed E-state index contributed by atoms with van der Waals surface area (Å²) in [6.45, 7) is 39.7. The highest BCUT2D eigenvalue weighted by atomic mass is 28.4. The van der Waals surface area contributed by atoms with Crippen LogP contribution in [0.2, 0.25) is 36.3 Å². The fourth-order valence-electron chi connectivity index (χ4n) is 8.82. The Morgan fingerprint density at radius 3 is 1.91 bits per heavy atom. The highest BCUT2D eigenvalue weighted by Gasteiger charge is 2.52. The Morgan fingerprint density at radius 2 is 1.45 bits per heavy atom. The van der Waals surface area contributed by atoms with Gasteiger partial charge >= 0.3 is 0 Å². The van der Waals surface area contributed by atoms with Crippen molar-refractivity contribution in [1.82, 2.24) is 0 Å². The largest absolute Gasteiger partial charge is 0.410 e. The predicted octanol–water partition coefficient (Wildman–Crippen LogP) is 12.8. The van der Waals surface area contributed by atoms with Gasteiger partial charge in [0.05, 0.1) is 17.8 Å². The fourth-order valence-corrected chi connectivity index (χ4v) is 11.4. The molecule has 3 fully saturated rings. The van der Waals surface area contributed by atoms with E-state index in [1.54, 1.807) is 5.57 Å². The van der Waals surface area contributed by atoms with Gasteiger partial charge in [0.2, 0.25) is 0 Å². The molecular weight excluding hydrogens is 609 g/mol. The summed E-state index contributed by atoms with van der Waals surface area (Å²) in [7, 11) is -3.97. The van der Waals surface area contributed by atoms with Crippen LogP contribution in [-0.2, 0) is 8.85 Å². The molecule has 0 radical (unpaired) electrons. The minimum Gasteiger partial charge on any atom is -0.410 e. The summed E-state index contributed by atoms with van der Waals surface area (Å²) in [5.74, 6) is 2.65. The van der Waals surface area contributed by atoms with Gasteiger partial charge in [-0.15, -0.1) is 0 Å². The van der Waals surface area contributed by atoms with Gasteiger partial charge in [-0.1, -0.05) is 111 Å². The smallest absolute Gasteiger partial charge is 0.192 e. The molecule has 3 aliphatic rings. The molecule has 0 aromatic rings. The van der Waals surface area contributed by atoms with E-state index in [4.69, 9.17) is 8.85 Å². The van der Waals surface area contributed by atoms with Gasteiger partial charge in [0.25, 0.3) is 0 Å². The molecule has 0 unspecified atom stereocenters. The first-order valence-corrected chi connectivity index (χ1v) is 25.3. The van der Waals surface area contributed by atoms with Crippen LogP contribution in [0, 0.1) is 29.1 Å². The molecule has 0 bridgehead atoms. The second-order valence-corrected chi connectivity index (χ2v) is 29.7. The lowest BCUT2D eigenvalue weighted by Gasteiger charge is -2.46. The third kappa shape index (κ3) is 9.86. The monoisotopic (exact) mass is 687 g/mol. The maximum Gasteiger partial charge on any atom is 0.192 e. The molecule has 0 aromatic carbocycles. The normalized spacial score (nSPS) is 30.4. The molecular formula is C42H78O3Si2. The first-order valence-electron chi connectivity index (χ1n) is 19.5. The van der Waals surface area contributed by atoms with E-state index in [0.717, 1.165) is 30.8 Å². The Morgan fingerprint density at radius 1 is 0.915 bits per heavy atom. The van der Waals surface area contributed by atoms with Crippen LogP contribution in [0.1, 0.15) is 147 Å². The molecule has 5 heteroatoms. The fraction of sp³-hybridized carbons (Fsp3) is 0.857. The maximum atomic E-state index is 10.8. The third-order valence-corrected chi connectivity index (χ3v) is 22.8. The van der Waals surface area contributed by atoms with Crippen molar-refractivity contribution >= 4 is 16.6 Å². The van der Waals surface area contributed by atoms with Crippen LogP contribution in [0.25, 0.3) is 0 Å². The minimum absolute atomic E-state index is 0.0215. The van der Waals surface area contributed by atoms with Gasteiger partial charge in [0.15, 0.2) is 16.6 Å². The molecule has 3 rings (SSSR count). The standard InChI is InChI=1S/C42H78O3Si2/c1-17-18-20-34(29-41(10,11)43)30(2)35-24-25-36-33(21-19-26-42(35,36)12)23-22-32-27-37(44-46(13,14)39(4,5)6)31(3)38(28-32)45-47(15,16)40(7,8)9/h22-23,30,34-38,43H,3,17-21,24-29H2,1-2,4-16H3/b33-23+/t30-,34+,35-,36+,37-,38-,42-/m1/s1. The minimum atomic E-state index is -1.99. The summed E-state index contributed by atoms with van der Waals surface area (Å²) in [5, 5.41) is 11.1. The molecule has 7 atom stereocenters. The Kier molecular flexibility index (Phi) is 13.1. The van der Waals surface area contributed by atoms with Crippen LogP contribution in [0.5, 0.6) is 0 Å². The average molecular weight is 687 g/mol. The molecule has 1 N–H and O–H groups in total. The highest BCUT2D eigenvalue weighted by molar-refractivity contribution is 6.74. The molecule has 0 spiro atoms. The number of hydrogen-bond acceptors (Lipinski definition) is 3. The van der Waals surface area contributed by atoms with Gasteiger partial charge < -0.3 is 14.0 Å². The van der Waals surface area contributed by atoms with Crippen molar-refractivity contribution in [3.8, 4) is 0 Å². The Bertz CT molecular complexity index is 1090. The first-order chi connectivity index (χ1) is 21.3. The number of unbranched alkanes of at least 4 members (excludes halogenated alkanes) is 1. The predicted molar refractivity (Wildman–Crippen MR) is 210 cm³/mol. The quantitative estimate of drug-likeness (QED) is 0.164. The van der Waals surface area contributed by atoms with Gasteiger partial charge in [-0.2, -0.15) is 0 Å². The molecule has 0 saturated heterocycles. The van der Waals surface area contributed by atoms with Crippen LogP contribution in [-0.4, -0.2) is 39.6 Å². The molecule has 3 nitrogen and oxygen atoms in total. The molecule has 3 saturated carbocycles. The van der Waals surface area contributed by atoms with Crippen LogP contribution >= 0.6 is 0 Å². The van der Waals surface area contributed by atoms with E-state index in [1.807, 2.05) is 13.8 Å². The maximum absolute atomic E-state index is 10.8. The lowest BCUT2D eigenvalue weighted by molar-refractivity contribution is 0.0118. The number of aliphatic hydroxyl groups is 1. The van der Waals surface area contributed by atoms with Crippen molar-refractivity contribution in [2.45, 2.75) is 201 Å².